The van der Waals surface area contributed by atoms with Gasteiger partial charge in [0.2, 0.25) is 0 Å². The number of allylic oxidation sites excluding steroid dienone is 3. The van der Waals surface area contributed by atoms with Crippen LogP contribution in [0.1, 0.15) is 53.4 Å². The van der Waals surface area contributed by atoms with Crippen molar-refractivity contribution in [3.8, 4) is 5.75 Å². The number of hydrogen-bond acceptors (Lipinski definition) is 6. The summed E-state index contributed by atoms with van der Waals surface area (Å²) in [5.41, 5.74) is 6.34. The molecule has 0 amide bonds. The number of ether oxygens (including phenoxy) is 3. The quantitative estimate of drug-likeness (QED) is 0.206. The molecule has 6 rings (SSSR count). The second kappa shape index (κ2) is 12.8. The van der Waals surface area contributed by atoms with Gasteiger partial charge in [0.15, 0.2) is 0 Å². The zero-order chi connectivity index (χ0) is 30.6. The van der Waals surface area contributed by atoms with Crippen LogP contribution in [0.3, 0.4) is 0 Å². The molecule has 4 aromatic rings. The standard InChI is InChI=1S/C37H38N2O5/c1-25-10-9-15-34-35(20-25)44-30(22-38(34)3)24-42-29-18-16-28(17-19-29)37(41)39-26(2)32(31-13-7-8-14-33(31)39)21-36(40)43-23-27-11-5-4-6-12-27/h4-8,11-14,16-20,30H,9-10,15,21-24H2,1-3H3. The summed E-state index contributed by atoms with van der Waals surface area (Å²) < 4.78 is 19.7. The number of fused-ring (bicyclic) bond motifs is 1. The monoisotopic (exact) mass is 590 g/mol. The molecular formula is C37H38N2O5. The van der Waals surface area contributed by atoms with E-state index in [9.17, 15) is 9.59 Å². The predicted molar refractivity (Wildman–Crippen MR) is 170 cm³/mol. The van der Waals surface area contributed by atoms with Gasteiger partial charge in [-0.05, 0) is 80.6 Å². The van der Waals surface area contributed by atoms with Gasteiger partial charge in [0.05, 0.1) is 24.2 Å². The second-order valence-electron chi connectivity index (χ2n) is 11.7. The van der Waals surface area contributed by atoms with Gasteiger partial charge in [0.1, 0.15) is 30.8 Å². The molecule has 2 aliphatic rings. The lowest BCUT2D eigenvalue weighted by molar-refractivity contribution is -0.144. The zero-order valence-electron chi connectivity index (χ0n) is 25.5. The number of carbonyl (C=O) groups is 2. The summed E-state index contributed by atoms with van der Waals surface area (Å²) in [6.45, 7) is 5.42. The Kier molecular flexibility index (Phi) is 8.55. The molecule has 0 saturated carbocycles. The third-order valence-electron chi connectivity index (χ3n) is 8.42. The van der Waals surface area contributed by atoms with Crippen molar-refractivity contribution in [3.63, 3.8) is 0 Å². The number of esters is 1. The van der Waals surface area contributed by atoms with E-state index < -0.39 is 0 Å². The predicted octanol–water partition coefficient (Wildman–Crippen LogP) is 6.98. The van der Waals surface area contributed by atoms with Crippen molar-refractivity contribution < 1.29 is 23.8 Å². The van der Waals surface area contributed by atoms with Gasteiger partial charge in [-0.25, -0.2) is 0 Å². The molecule has 1 aliphatic heterocycles. The third-order valence-corrected chi connectivity index (χ3v) is 8.42. The van der Waals surface area contributed by atoms with Crippen molar-refractivity contribution in [1.82, 2.24) is 9.47 Å². The molecule has 0 radical (unpaired) electrons. The SMILES string of the molecule is CC1=CC2=C(CCC1)N(C)CC(COc1ccc(C(=O)n3c(C)c(CC(=O)OCc4ccccc4)c4ccccc43)cc1)O2. The minimum absolute atomic E-state index is 0.0818. The molecule has 3 aromatic carbocycles. The average Bonchev–Trinajstić information content (AvgIpc) is 3.16. The Balaban J connectivity index is 1.13. The summed E-state index contributed by atoms with van der Waals surface area (Å²) >= 11 is 0. The maximum Gasteiger partial charge on any atom is 0.310 e. The highest BCUT2D eigenvalue weighted by Crippen LogP contribution is 2.31. The minimum atomic E-state index is -0.334. The Bertz CT molecular complexity index is 1730. The number of para-hydroxylation sites is 1. The smallest absolute Gasteiger partial charge is 0.310 e. The molecule has 1 unspecified atom stereocenters. The van der Waals surface area contributed by atoms with Crippen molar-refractivity contribution in [2.24, 2.45) is 0 Å². The largest absolute Gasteiger partial charge is 0.490 e. The van der Waals surface area contributed by atoms with Gasteiger partial charge >= 0.3 is 5.97 Å². The number of benzene rings is 3. The van der Waals surface area contributed by atoms with E-state index in [1.165, 1.54) is 11.3 Å². The first kappa shape index (κ1) is 29.3. The summed E-state index contributed by atoms with van der Waals surface area (Å²) in [4.78, 5) is 28.9. The molecule has 0 bridgehead atoms. The highest BCUT2D eigenvalue weighted by Gasteiger charge is 2.27. The van der Waals surface area contributed by atoms with E-state index in [4.69, 9.17) is 14.2 Å². The van der Waals surface area contributed by atoms with Crippen molar-refractivity contribution in [1.29, 1.82) is 0 Å². The van der Waals surface area contributed by atoms with Crippen molar-refractivity contribution in [3.05, 3.63) is 124 Å². The zero-order valence-corrected chi connectivity index (χ0v) is 25.5. The van der Waals surface area contributed by atoms with Crippen molar-refractivity contribution >= 4 is 22.8 Å². The Morgan fingerprint density at radius 1 is 0.932 bits per heavy atom. The molecule has 1 atom stereocenters. The summed E-state index contributed by atoms with van der Waals surface area (Å²) in [6.07, 6.45) is 5.42. The van der Waals surface area contributed by atoms with Gasteiger partial charge in [0, 0.05) is 23.7 Å². The first-order valence-electron chi connectivity index (χ1n) is 15.2. The number of nitrogens with zero attached hydrogens (tertiary/aromatic N) is 2. The van der Waals surface area contributed by atoms with Crippen LogP contribution in [0.15, 0.2) is 102 Å². The molecule has 44 heavy (non-hydrogen) atoms. The Morgan fingerprint density at radius 2 is 1.68 bits per heavy atom. The van der Waals surface area contributed by atoms with E-state index in [0.717, 1.165) is 59.3 Å². The Hall–Kier alpha value is -4.78. The fourth-order valence-electron chi connectivity index (χ4n) is 6.10. The van der Waals surface area contributed by atoms with E-state index in [1.54, 1.807) is 16.7 Å². The van der Waals surface area contributed by atoms with Crippen LogP contribution in [-0.2, 0) is 27.3 Å². The van der Waals surface area contributed by atoms with Gasteiger partial charge in [-0.3, -0.25) is 14.2 Å². The molecule has 1 aliphatic carbocycles. The molecule has 0 N–H and O–H groups in total. The topological polar surface area (TPSA) is 70.0 Å². The van der Waals surface area contributed by atoms with Crippen LogP contribution in [0.4, 0.5) is 0 Å². The van der Waals surface area contributed by atoms with Crippen LogP contribution >= 0.6 is 0 Å². The molecular weight excluding hydrogens is 552 g/mol. The third kappa shape index (κ3) is 6.27. The lowest BCUT2D eigenvalue weighted by atomic mass is 10.1. The normalized spacial score (nSPS) is 16.6. The molecule has 0 saturated heterocycles. The van der Waals surface area contributed by atoms with Gasteiger partial charge in [0.25, 0.3) is 5.91 Å². The van der Waals surface area contributed by atoms with Crippen LogP contribution < -0.4 is 4.74 Å². The van der Waals surface area contributed by atoms with E-state index in [2.05, 4.69) is 24.9 Å². The number of hydrogen-bond donors (Lipinski definition) is 0. The first-order chi connectivity index (χ1) is 21.4. The van der Waals surface area contributed by atoms with Gasteiger partial charge < -0.3 is 19.1 Å². The van der Waals surface area contributed by atoms with E-state index >= 15 is 0 Å². The van der Waals surface area contributed by atoms with Crippen LogP contribution in [0.25, 0.3) is 10.9 Å². The maximum atomic E-state index is 13.8. The van der Waals surface area contributed by atoms with Gasteiger partial charge in [-0.15, -0.1) is 0 Å². The highest BCUT2D eigenvalue weighted by molar-refractivity contribution is 6.04. The summed E-state index contributed by atoms with van der Waals surface area (Å²) in [6, 6.07) is 24.5. The van der Waals surface area contributed by atoms with Gasteiger partial charge in [-0.1, -0.05) is 54.1 Å². The molecule has 0 spiro atoms. The number of likely N-dealkylation sites (N-methyl/N-ethyl adjacent to an activating group) is 1. The van der Waals surface area contributed by atoms with Crippen molar-refractivity contribution in [2.45, 2.75) is 52.2 Å². The molecule has 1 aromatic heterocycles. The first-order valence-corrected chi connectivity index (χ1v) is 15.2. The minimum Gasteiger partial charge on any atom is -0.490 e. The van der Waals surface area contributed by atoms with Crippen molar-refractivity contribution in [2.75, 3.05) is 20.2 Å². The summed E-state index contributed by atoms with van der Waals surface area (Å²) in [5, 5.41) is 0.865. The number of aromatic nitrogens is 1. The number of rotatable bonds is 8. The Morgan fingerprint density at radius 3 is 2.48 bits per heavy atom. The van der Waals surface area contributed by atoms with Crippen LogP contribution in [0, 0.1) is 6.92 Å². The molecule has 2 heterocycles. The maximum absolute atomic E-state index is 13.8. The van der Waals surface area contributed by atoms with Crippen LogP contribution in [0.2, 0.25) is 0 Å². The fraction of sp³-hybridized carbons (Fsp3) is 0.297. The molecule has 0 fully saturated rings. The van der Waals surface area contributed by atoms with E-state index in [1.807, 2.05) is 73.7 Å². The fourth-order valence-corrected chi connectivity index (χ4v) is 6.10. The summed E-state index contributed by atoms with van der Waals surface area (Å²) in [5.74, 6) is 1.14. The van der Waals surface area contributed by atoms with Gasteiger partial charge in [-0.2, -0.15) is 0 Å². The lowest BCUT2D eigenvalue weighted by Crippen LogP contribution is -2.39. The van der Waals surface area contributed by atoms with E-state index in [0.29, 0.717) is 17.9 Å². The molecule has 7 heteroatoms. The van der Waals surface area contributed by atoms with Crippen LogP contribution in [-0.4, -0.2) is 47.6 Å². The number of carbonyl (C=O) groups excluding carboxylic acids is 2. The highest BCUT2D eigenvalue weighted by atomic mass is 16.5. The summed E-state index contributed by atoms with van der Waals surface area (Å²) in [7, 11) is 2.12. The van der Waals surface area contributed by atoms with E-state index in [-0.39, 0.29) is 31.0 Å². The molecule has 7 nitrogen and oxygen atoms in total. The van der Waals surface area contributed by atoms with Crippen LogP contribution in [0.5, 0.6) is 5.75 Å². The second-order valence-corrected chi connectivity index (χ2v) is 11.7. The average molecular weight is 591 g/mol. The lowest BCUT2D eigenvalue weighted by Gasteiger charge is -2.34. The Labute approximate surface area is 258 Å². The molecule has 226 valence electrons.